The third-order valence-corrected chi connectivity index (χ3v) is 4.30. The Hall–Kier alpha value is -1.63. The van der Waals surface area contributed by atoms with Crippen LogP contribution >= 0.6 is 0 Å². The number of rotatable bonds is 3. The van der Waals surface area contributed by atoms with Gasteiger partial charge in [-0.3, -0.25) is 4.79 Å². The molecule has 0 spiro atoms. The average molecular weight is 315 g/mol. The predicted octanol–water partition coefficient (Wildman–Crippen LogP) is 3.25. The third kappa shape index (κ3) is 2.82. The number of methoxy groups -OCH3 is 1. The number of nitrogens with zero attached hydrogens (tertiary/aromatic N) is 1. The molecule has 4 nitrogen and oxygen atoms in total. The Bertz CT molecular complexity index is 576. The Labute approximate surface area is 125 Å². The lowest BCUT2D eigenvalue weighted by molar-refractivity contribution is -0.139. The van der Waals surface area contributed by atoms with Crippen molar-refractivity contribution >= 4 is 5.78 Å². The van der Waals surface area contributed by atoms with Crippen LogP contribution in [0.4, 0.5) is 13.2 Å². The summed E-state index contributed by atoms with van der Waals surface area (Å²) in [6.07, 6.45) is -0.351. The molecule has 0 aromatic carbocycles. The van der Waals surface area contributed by atoms with Gasteiger partial charge in [-0.25, -0.2) is 4.98 Å². The summed E-state index contributed by atoms with van der Waals surface area (Å²) in [6, 6.07) is 0.839. The number of fused-ring (bicyclic) bond motifs is 2. The van der Waals surface area contributed by atoms with Gasteiger partial charge < -0.3 is 9.47 Å². The first-order valence-corrected chi connectivity index (χ1v) is 7.19. The van der Waals surface area contributed by atoms with Crippen molar-refractivity contribution in [3.8, 4) is 5.88 Å². The van der Waals surface area contributed by atoms with Crippen molar-refractivity contribution in [3.63, 3.8) is 0 Å². The first-order valence-electron chi connectivity index (χ1n) is 7.19. The number of hydrogen-bond donors (Lipinski definition) is 0. The molecule has 2 saturated heterocycles. The van der Waals surface area contributed by atoms with E-state index < -0.39 is 17.6 Å². The zero-order valence-corrected chi connectivity index (χ0v) is 12.0. The summed E-state index contributed by atoms with van der Waals surface area (Å²) >= 11 is 0. The normalized spacial score (nSPS) is 27.7. The Kier molecular flexibility index (Phi) is 3.84. The van der Waals surface area contributed by atoms with Crippen molar-refractivity contribution < 1.29 is 27.4 Å². The standard InChI is InChI=1S/C15H16F3NO3/c1-21-14-12(15(16,17)18)6-9(7-19-14)13(20)8-4-10-2-3-11(5-8)22-10/h6-8,10-11H,2-5H2,1H3. The maximum atomic E-state index is 13.0. The topological polar surface area (TPSA) is 48.4 Å². The SMILES string of the molecule is COc1ncc(C(=O)C2CC3CCC(C2)O3)cc1C(F)(F)F. The lowest BCUT2D eigenvalue weighted by Gasteiger charge is -2.27. The highest BCUT2D eigenvalue weighted by Gasteiger charge is 2.40. The van der Waals surface area contributed by atoms with Crippen LogP contribution in [0.15, 0.2) is 12.3 Å². The van der Waals surface area contributed by atoms with Crippen LogP contribution in [0.5, 0.6) is 5.88 Å². The number of pyridine rings is 1. The molecule has 2 unspecified atom stereocenters. The van der Waals surface area contributed by atoms with E-state index >= 15 is 0 Å². The van der Waals surface area contributed by atoms with Gasteiger partial charge >= 0.3 is 6.18 Å². The Morgan fingerprint density at radius 3 is 2.50 bits per heavy atom. The minimum atomic E-state index is -4.61. The number of ether oxygens (including phenoxy) is 2. The number of aromatic nitrogens is 1. The highest BCUT2D eigenvalue weighted by Crippen LogP contribution is 2.39. The van der Waals surface area contributed by atoms with Gasteiger partial charge in [-0.1, -0.05) is 0 Å². The fraction of sp³-hybridized carbons (Fsp3) is 0.600. The van der Waals surface area contributed by atoms with Gasteiger partial charge in [-0.05, 0) is 31.7 Å². The minimum absolute atomic E-state index is 0.0144. The van der Waals surface area contributed by atoms with Gasteiger partial charge in [0.15, 0.2) is 5.78 Å². The van der Waals surface area contributed by atoms with Crippen LogP contribution in [0.25, 0.3) is 0 Å². The van der Waals surface area contributed by atoms with Gasteiger partial charge in [0.2, 0.25) is 5.88 Å². The highest BCUT2D eigenvalue weighted by molar-refractivity contribution is 5.98. The van der Waals surface area contributed by atoms with Crippen LogP contribution in [0.2, 0.25) is 0 Å². The van der Waals surface area contributed by atoms with Gasteiger partial charge in [0.25, 0.3) is 0 Å². The fourth-order valence-corrected chi connectivity index (χ4v) is 3.26. The van der Waals surface area contributed by atoms with E-state index in [-0.39, 0.29) is 29.5 Å². The maximum absolute atomic E-state index is 13.0. The molecule has 0 radical (unpaired) electrons. The molecule has 2 fully saturated rings. The van der Waals surface area contributed by atoms with Crippen LogP contribution < -0.4 is 4.74 Å². The van der Waals surface area contributed by atoms with Gasteiger partial charge in [0.05, 0.1) is 19.3 Å². The molecule has 2 atom stereocenters. The monoisotopic (exact) mass is 315 g/mol. The van der Waals surface area contributed by atoms with Crippen LogP contribution in [-0.4, -0.2) is 30.1 Å². The number of carbonyl (C=O) groups is 1. The van der Waals surface area contributed by atoms with Crippen molar-refractivity contribution in [3.05, 3.63) is 23.4 Å². The van der Waals surface area contributed by atoms with Gasteiger partial charge in [-0.15, -0.1) is 0 Å². The first kappa shape index (κ1) is 15.3. The second kappa shape index (κ2) is 5.53. The fourth-order valence-electron chi connectivity index (χ4n) is 3.26. The molecule has 7 heteroatoms. The summed E-state index contributed by atoms with van der Waals surface area (Å²) in [6.45, 7) is 0. The van der Waals surface area contributed by atoms with E-state index in [1.165, 1.54) is 0 Å². The molecule has 3 heterocycles. The molecular formula is C15H16F3NO3. The molecule has 1 aromatic rings. The van der Waals surface area contributed by atoms with E-state index in [0.29, 0.717) is 12.8 Å². The van der Waals surface area contributed by atoms with Crippen molar-refractivity contribution in [2.24, 2.45) is 5.92 Å². The summed E-state index contributed by atoms with van der Waals surface area (Å²) in [7, 11) is 1.12. The third-order valence-electron chi connectivity index (χ3n) is 4.30. The molecular weight excluding hydrogens is 299 g/mol. The Morgan fingerprint density at radius 1 is 1.32 bits per heavy atom. The van der Waals surface area contributed by atoms with Crippen molar-refractivity contribution in [1.82, 2.24) is 4.98 Å². The summed E-state index contributed by atoms with van der Waals surface area (Å²) in [5.74, 6) is -1.10. The summed E-state index contributed by atoms with van der Waals surface area (Å²) in [5.41, 5.74) is -1.03. The smallest absolute Gasteiger partial charge is 0.421 e. The van der Waals surface area contributed by atoms with Crippen molar-refractivity contribution in [2.45, 2.75) is 44.1 Å². The van der Waals surface area contributed by atoms with E-state index in [1.54, 1.807) is 0 Å². The number of halogens is 3. The van der Waals surface area contributed by atoms with Gasteiger partial charge in [0.1, 0.15) is 5.56 Å². The molecule has 0 saturated carbocycles. The molecule has 0 amide bonds. The number of hydrogen-bond acceptors (Lipinski definition) is 4. The highest BCUT2D eigenvalue weighted by atomic mass is 19.4. The molecule has 1 aromatic heterocycles. The molecule has 2 bridgehead atoms. The zero-order chi connectivity index (χ0) is 15.9. The van der Waals surface area contributed by atoms with Crippen LogP contribution in [0.1, 0.15) is 41.6 Å². The molecule has 2 aliphatic heterocycles. The molecule has 0 N–H and O–H groups in total. The summed E-state index contributed by atoms with van der Waals surface area (Å²) < 4.78 is 49.3. The van der Waals surface area contributed by atoms with E-state index in [2.05, 4.69) is 9.72 Å². The summed E-state index contributed by atoms with van der Waals surface area (Å²) in [4.78, 5) is 16.1. The number of ketones is 1. The van der Waals surface area contributed by atoms with Crippen LogP contribution in [-0.2, 0) is 10.9 Å². The molecule has 120 valence electrons. The molecule has 3 rings (SSSR count). The second-order valence-corrected chi connectivity index (χ2v) is 5.77. The minimum Gasteiger partial charge on any atom is -0.481 e. The lowest BCUT2D eigenvalue weighted by Crippen LogP contribution is -2.30. The van der Waals surface area contributed by atoms with Crippen molar-refractivity contribution in [2.75, 3.05) is 7.11 Å². The maximum Gasteiger partial charge on any atom is 0.421 e. The first-order chi connectivity index (χ1) is 10.4. The Morgan fingerprint density at radius 2 is 1.95 bits per heavy atom. The molecule has 22 heavy (non-hydrogen) atoms. The van der Waals surface area contributed by atoms with E-state index in [9.17, 15) is 18.0 Å². The lowest BCUT2D eigenvalue weighted by atomic mass is 9.88. The molecule has 0 aliphatic carbocycles. The number of alkyl halides is 3. The Balaban J connectivity index is 1.86. The quantitative estimate of drug-likeness (QED) is 0.803. The average Bonchev–Trinajstić information content (AvgIpc) is 2.83. The van der Waals surface area contributed by atoms with E-state index in [4.69, 9.17) is 4.74 Å². The van der Waals surface area contributed by atoms with Crippen LogP contribution in [0, 0.1) is 5.92 Å². The number of carbonyl (C=O) groups excluding carboxylic acids is 1. The van der Waals surface area contributed by atoms with Gasteiger partial charge in [-0.2, -0.15) is 13.2 Å². The van der Waals surface area contributed by atoms with Crippen LogP contribution in [0.3, 0.4) is 0 Å². The van der Waals surface area contributed by atoms with Gasteiger partial charge in [0, 0.05) is 17.7 Å². The largest absolute Gasteiger partial charge is 0.481 e. The predicted molar refractivity (Wildman–Crippen MR) is 70.7 cm³/mol. The molecule has 2 aliphatic rings. The van der Waals surface area contributed by atoms with E-state index in [1.807, 2.05) is 0 Å². The zero-order valence-electron chi connectivity index (χ0n) is 12.0. The van der Waals surface area contributed by atoms with Crippen molar-refractivity contribution in [1.29, 1.82) is 0 Å². The number of Topliss-reactive ketones (excluding diaryl/α,β-unsaturated/α-hetero) is 1. The summed E-state index contributed by atoms with van der Waals surface area (Å²) in [5, 5.41) is 0. The van der Waals surface area contributed by atoms with E-state index in [0.717, 1.165) is 32.2 Å². The second-order valence-electron chi connectivity index (χ2n) is 5.77.